The topological polar surface area (TPSA) is 84.2 Å². The summed E-state index contributed by atoms with van der Waals surface area (Å²) in [5, 5.41) is 5.21. The van der Waals surface area contributed by atoms with E-state index < -0.39 is 12.1 Å². The largest absolute Gasteiger partial charge is 0.354 e. The average Bonchev–Trinajstić information content (AvgIpc) is 2.29. The van der Waals surface area contributed by atoms with E-state index in [1.807, 2.05) is 25.3 Å². The van der Waals surface area contributed by atoms with E-state index in [9.17, 15) is 9.59 Å². The van der Waals surface area contributed by atoms with Gasteiger partial charge in [0.05, 0.1) is 0 Å². The predicted molar refractivity (Wildman–Crippen MR) is 71.9 cm³/mol. The number of allylic oxidation sites excluding steroid dienone is 1. The van der Waals surface area contributed by atoms with Gasteiger partial charge in [0.2, 0.25) is 5.91 Å². The van der Waals surface area contributed by atoms with Crippen molar-refractivity contribution in [2.24, 2.45) is 5.73 Å². The van der Waals surface area contributed by atoms with E-state index in [4.69, 9.17) is 5.73 Å². The first-order chi connectivity index (χ1) is 8.11. The average molecular weight is 259 g/mol. The van der Waals surface area contributed by atoms with E-state index in [1.165, 1.54) is 0 Å². The molecule has 0 aliphatic rings. The number of hydrogen-bond acceptors (Lipinski definition) is 3. The zero-order chi connectivity index (χ0) is 13.1. The highest BCUT2D eigenvalue weighted by atomic mass is 32.2. The van der Waals surface area contributed by atoms with Crippen molar-refractivity contribution in [1.82, 2.24) is 10.6 Å². The Morgan fingerprint density at radius 2 is 2.18 bits per heavy atom. The molecular formula is C11H21N3O2S. The van der Waals surface area contributed by atoms with Crippen LogP contribution < -0.4 is 16.4 Å². The van der Waals surface area contributed by atoms with Crippen LogP contribution in [0.2, 0.25) is 0 Å². The second kappa shape index (κ2) is 10.0. The normalized spacial score (nSPS) is 12.4. The van der Waals surface area contributed by atoms with Crippen LogP contribution in [-0.4, -0.2) is 36.5 Å². The molecule has 3 amide bonds. The molecule has 1 unspecified atom stereocenters. The summed E-state index contributed by atoms with van der Waals surface area (Å²) >= 11 is 1.62. The van der Waals surface area contributed by atoms with E-state index in [-0.39, 0.29) is 5.91 Å². The number of amides is 3. The van der Waals surface area contributed by atoms with Gasteiger partial charge in [0.1, 0.15) is 6.04 Å². The van der Waals surface area contributed by atoms with Crippen LogP contribution in [0.1, 0.15) is 19.8 Å². The van der Waals surface area contributed by atoms with E-state index in [0.717, 1.165) is 12.2 Å². The molecular weight excluding hydrogens is 238 g/mol. The summed E-state index contributed by atoms with van der Waals surface area (Å²) in [6.45, 7) is 2.50. The molecule has 4 N–H and O–H groups in total. The number of nitrogens with one attached hydrogen (secondary N) is 2. The molecule has 5 nitrogen and oxygen atoms in total. The number of urea groups is 1. The van der Waals surface area contributed by atoms with Gasteiger partial charge in [0.15, 0.2) is 0 Å². The van der Waals surface area contributed by atoms with Gasteiger partial charge in [-0.1, -0.05) is 12.2 Å². The summed E-state index contributed by atoms with van der Waals surface area (Å²) in [6, 6.07) is -1.20. The van der Waals surface area contributed by atoms with Crippen molar-refractivity contribution < 1.29 is 9.59 Å². The smallest absolute Gasteiger partial charge is 0.312 e. The van der Waals surface area contributed by atoms with E-state index in [1.54, 1.807) is 11.8 Å². The van der Waals surface area contributed by atoms with Gasteiger partial charge in [-0.05, 0) is 31.8 Å². The van der Waals surface area contributed by atoms with Crippen molar-refractivity contribution in [3.63, 3.8) is 0 Å². The molecule has 98 valence electrons. The number of primary amides is 1. The van der Waals surface area contributed by atoms with Crippen LogP contribution in [0.4, 0.5) is 4.79 Å². The molecule has 17 heavy (non-hydrogen) atoms. The Hall–Kier alpha value is -1.17. The lowest BCUT2D eigenvalue weighted by molar-refractivity contribution is -0.122. The summed E-state index contributed by atoms with van der Waals surface area (Å²) in [5.41, 5.74) is 5.03. The predicted octanol–water partition coefficient (Wildman–Crippen LogP) is 0.859. The molecule has 0 aliphatic carbocycles. The Morgan fingerprint density at radius 3 is 2.71 bits per heavy atom. The van der Waals surface area contributed by atoms with Gasteiger partial charge in [-0.25, -0.2) is 4.79 Å². The molecule has 0 aromatic rings. The molecule has 0 fully saturated rings. The SMILES string of the molecule is C/C=C/CCNC(=O)C(CCSC)NC(N)=O. The molecule has 0 radical (unpaired) electrons. The van der Waals surface area contributed by atoms with Crippen molar-refractivity contribution in [2.45, 2.75) is 25.8 Å². The summed E-state index contributed by atoms with van der Waals surface area (Å²) in [4.78, 5) is 22.5. The molecule has 0 saturated heterocycles. The number of hydrogen-bond donors (Lipinski definition) is 3. The lowest BCUT2D eigenvalue weighted by Crippen LogP contribution is -2.49. The highest BCUT2D eigenvalue weighted by Crippen LogP contribution is 2.01. The Kier molecular flexibility index (Phi) is 9.33. The molecule has 0 saturated carbocycles. The number of thioether (sulfide) groups is 1. The van der Waals surface area contributed by atoms with Crippen LogP contribution in [0.15, 0.2) is 12.2 Å². The number of nitrogens with two attached hydrogens (primary N) is 1. The fourth-order valence-corrected chi connectivity index (χ4v) is 1.72. The Bertz CT molecular complexity index is 269. The number of carbonyl (C=O) groups is 2. The van der Waals surface area contributed by atoms with Crippen molar-refractivity contribution >= 4 is 23.7 Å². The molecule has 0 rings (SSSR count). The standard InChI is InChI=1S/C11H21N3O2S/c1-3-4-5-7-13-10(15)9(6-8-17-2)14-11(12)16/h3-4,9H,5-8H2,1-2H3,(H,13,15)(H3,12,14,16)/b4-3+. The van der Waals surface area contributed by atoms with Crippen LogP contribution in [0.25, 0.3) is 0 Å². The fourth-order valence-electron chi connectivity index (χ4n) is 1.24. The molecule has 0 aromatic heterocycles. The lowest BCUT2D eigenvalue weighted by atomic mass is 10.2. The first-order valence-corrected chi connectivity index (χ1v) is 6.95. The Labute approximate surface area is 107 Å². The minimum atomic E-state index is -0.667. The Morgan fingerprint density at radius 1 is 1.47 bits per heavy atom. The van der Waals surface area contributed by atoms with E-state index in [0.29, 0.717) is 13.0 Å². The second-order valence-corrected chi connectivity index (χ2v) is 4.48. The van der Waals surface area contributed by atoms with Gasteiger partial charge in [-0.3, -0.25) is 4.79 Å². The summed E-state index contributed by atoms with van der Waals surface area (Å²) in [5.74, 6) is 0.620. The first-order valence-electron chi connectivity index (χ1n) is 5.55. The van der Waals surface area contributed by atoms with Crippen molar-refractivity contribution in [3.8, 4) is 0 Å². The molecule has 6 heteroatoms. The molecule has 0 aromatic carbocycles. The zero-order valence-electron chi connectivity index (χ0n) is 10.4. The maximum absolute atomic E-state index is 11.7. The van der Waals surface area contributed by atoms with Gasteiger partial charge >= 0.3 is 6.03 Å². The first kappa shape index (κ1) is 15.8. The summed E-state index contributed by atoms with van der Waals surface area (Å²) in [7, 11) is 0. The number of carbonyl (C=O) groups excluding carboxylic acids is 2. The van der Waals surface area contributed by atoms with Crippen LogP contribution in [0, 0.1) is 0 Å². The van der Waals surface area contributed by atoms with Crippen molar-refractivity contribution in [3.05, 3.63) is 12.2 Å². The van der Waals surface area contributed by atoms with Crippen molar-refractivity contribution in [1.29, 1.82) is 0 Å². The van der Waals surface area contributed by atoms with Gasteiger partial charge in [0, 0.05) is 6.54 Å². The fraction of sp³-hybridized carbons (Fsp3) is 0.636. The van der Waals surface area contributed by atoms with Crippen LogP contribution in [-0.2, 0) is 4.79 Å². The third-order valence-electron chi connectivity index (χ3n) is 2.09. The minimum absolute atomic E-state index is 0.178. The summed E-state index contributed by atoms with van der Waals surface area (Å²) in [6.07, 6.45) is 7.22. The molecule has 0 spiro atoms. The van der Waals surface area contributed by atoms with Gasteiger partial charge in [0.25, 0.3) is 0 Å². The van der Waals surface area contributed by atoms with Gasteiger partial charge in [-0.2, -0.15) is 11.8 Å². The second-order valence-electron chi connectivity index (χ2n) is 3.49. The zero-order valence-corrected chi connectivity index (χ0v) is 11.2. The third kappa shape index (κ3) is 8.62. The van der Waals surface area contributed by atoms with Crippen molar-refractivity contribution in [2.75, 3.05) is 18.6 Å². The maximum atomic E-state index is 11.7. The quantitative estimate of drug-likeness (QED) is 0.446. The molecule has 0 heterocycles. The highest BCUT2D eigenvalue weighted by molar-refractivity contribution is 7.98. The van der Waals surface area contributed by atoms with E-state index in [2.05, 4.69) is 10.6 Å². The lowest BCUT2D eigenvalue weighted by Gasteiger charge is -2.16. The molecule has 0 bridgehead atoms. The highest BCUT2D eigenvalue weighted by Gasteiger charge is 2.18. The third-order valence-corrected chi connectivity index (χ3v) is 2.73. The minimum Gasteiger partial charge on any atom is -0.354 e. The Balaban J connectivity index is 4.07. The molecule has 1 atom stereocenters. The van der Waals surface area contributed by atoms with Crippen LogP contribution >= 0.6 is 11.8 Å². The van der Waals surface area contributed by atoms with Gasteiger partial charge in [-0.15, -0.1) is 0 Å². The maximum Gasteiger partial charge on any atom is 0.312 e. The summed E-state index contributed by atoms with van der Waals surface area (Å²) < 4.78 is 0. The van der Waals surface area contributed by atoms with E-state index >= 15 is 0 Å². The number of rotatable bonds is 8. The monoisotopic (exact) mass is 259 g/mol. The van der Waals surface area contributed by atoms with Crippen LogP contribution in [0.3, 0.4) is 0 Å². The van der Waals surface area contributed by atoms with Gasteiger partial charge < -0.3 is 16.4 Å². The molecule has 0 aliphatic heterocycles. The van der Waals surface area contributed by atoms with Crippen LogP contribution in [0.5, 0.6) is 0 Å².